The van der Waals surface area contributed by atoms with Crippen LogP contribution in [0.15, 0.2) is 241 Å². The molecule has 0 fully saturated rings. The number of hydrogen-bond donors (Lipinski definition) is 2. The molecule has 8 rings (SSSR count). The Labute approximate surface area is 389 Å². The van der Waals surface area contributed by atoms with E-state index in [1.165, 1.54) is 0 Å². The molecule has 0 spiro atoms. The van der Waals surface area contributed by atoms with E-state index in [-0.39, 0.29) is 0 Å². The molecular weight excluding hydrogens is 813 g/mol. The SMILES string of the molecule is OC(c1ccccc1)(c1ccccc1)C(Cc1ccccc1)N=Cc1ccccc1OCCCCOc1ccccc1C=NC(Cc1ccccc1)C(O)(c1ccccc1)c1ccccc1. The van der Waals surface area contributed by atoms with E-state index >= 15 is 0 Å². The van der Waals surface area contributed by atoms with Crippen molar-refractivity contribution in [2.45, 2.75) is 49.0 Å². The summed E-state index contributed by atoms with van der Waals surface area (Å²) in [5, 5.41) is 25.6. The van der Waals surface area contributed by atoms with Gasteiger partial charge in [0, 0.05) is 23.6 Å². The number of unbranched alkanes of at least 4 members (excludes halogenated alkanes) is 1. The lowest BCUT2D eigenvalue weighted by atomic mass is 9.78. The van der Waals surface area contributed by atoms with Gasteiger partial charge in [0.15, 0.2) is 0 Å². The van der Waals surface area contributed by atoms with Crippen molar-refractivity contribution in [3.8, 4) is 11.5 Å². The van der Waals surface area contributed by atoms with Crippen molar-refractivity contribution in [1.82, 2.24) is 0 Å². The van der Waals surface area contributed by atoms with Crippen LogP contribution in [0, 0.1) is 0 Å². The number of ether oxygens (including phenoxy) is 2. The molecule has 6 heteroatoms. The van der Waals surface area contributed by atoms with Gasteiger partial charge in [-0.05, 0) is 83.3 Å². The van der Waals surface area contributed by atoms with E-state index in [9.17, 15) is 10.2 Å². The molecule has 0 aliphatic rings. The first-order chi connectivity index (χ1) is 32.5. The highest BCUT2D eigenvalue weighted by Crippen LogP contribution is 2.38. The van der Waals surface area contributed by atoms with Crippen LogP contribution < -0.4 is 9.47 Å². The van der Waals surface area contributed by atoms with E-state index in [2.05, 4.69) is 24.3 Å². The predicted octanol–water partition coefficient (Wildman–Crippen LogP) is 11.9. The summed E-state index contributed by atoms with van der Waals surface area (Å²) in [5.41, 5.74) is 4.15. The molecule has 0 aliphatic carbocycles. The smallest absolute Gasteiger partial charge is 0.137 e. The minimum atomic E-state index is -1.40. The zero-order chi connectivity index (χ0) is 45.3. The lowest BCUT2D eigenvalue weighted by Crippen LogP contribution is -2.41. The third kappa shape index (κ3) is 11.1. The Kier molecular flexibility index (Phi) is 15.4. The number of rotatable bonds is 21. The summed E-state index contributed by atoms with van der Waals surface area (Å²) in [4.78, 5) is 10.3. The van der Waals surface area contributed by atoms with Crippen molar-refractivity contribution in [2.75, 3.05) is 13.2 Å². The second kappa shape index (κ2) is 22.5. The largest absolute Gasteiger partial charge is 0.493 e. The molecule has 8 aromatic carbocycles. The molecule has 0 radical (unpaired) electrons. The number of hydrogen-bond acceptors (Lipinski definition) is 6. The Balaban J connectivity index is 0.946. The van der Waals surface area contributed by atoms with E-state index in [0.717, 1.165) is 68.8 Å². The molecule has 0 aliphatic heterocycles. The van der Waals surface area contributed by atoms with Gasteiger partial charge in [0.05, 0.1) is 25.3 Å². The van der Waals surface area contributed by atoms with Crippen molar-refractivity contribution in [2.24, 2.45) is 9.98 Å². The fourth-order valence-corrected chi connectivity index (χ4v) is 8.51. The van der Waals surface area contributed by atoms with Crippen molar-refractivity contribution in [3.63, 3.8) is 0 Å². The van der Waals surface area contributed by atoms with Gasteiger partial charge >= 0.3 is 0 Å². The average Bonchev–Trinajstić information content (AvgIpc) is 3.39. The summed E-state index contributed by atoms with van der Waals surface area (Å²) < 4.78 is 12.8. The first-order valence-electron chi connectivity index (χ1n) is 22.8. The van der Waals surface area contributed by atoms with Crippen LogP contribution in [0.4, 0.5) is 0 Å². The van der Waals surface area contributed by atoms with Crippen LogP contribution in [0.2, 0.25) is 0 Å². The lowest BCUT2D eigenvalue weighted by molar-refractivity contribution is 0.0526. The second-order valence-electron chi connectivity index (χ2n) is 16.4. The molecule has 330 valence electrons. The number of para-hydroxylation sites is 2. The Morgan fingerprint density at radius 1 is 0.364 bits per heavy atom. The van der Waals surface area contributed by atoms with E-state index in [1.807, 2.05) is 219 Å². The summed E-state index contributed by atoms with van der Waals surface area (Å²) in [7, 11) is 0. The summed E-state index contributed by atoms with van der Waals surface area (Å²) >= 11 is 0. The molecule has 0 heterocycles. The first-order valence-corrected chi connectivity index (χ1v) is 22.8. The van der Waals surface area contributed by atoms with Crippen molar-refractivity contribution < 1.29 is 19.7 Å². The molecule has 0 saturated carbocycles. The molecule has 66 heavy (non-hydrogen) atoms. The van der Waals surface area contributed by atoms with Crippen LogP contribution in [0.5, 0.6) is 11.5 Å². The molecule has 8 aromatic rings. The summed E-state index contributed by atoms with van der Waals surface area (Å²) in [6.45, 7) is 0.975. The molecule has 0 bridgehead atoms. The minimum Gasteiger partial charge on any atom is -0.493 e. The predicted molar refractivity (Wildman–Crippen MR) is 268 cm³/mol. The molecule has 2 unspecified atom stereocenters. The maximum Gasteiger partial charge on any atom is 0.137 e. The third-order valence-electron chi connectivity index (χ3n) is 12.0. The van der Waals surface area contributed by atoms with Gasteiger partial charge in [0.2, 0.25) is 0 Å². The van der Waals surface area contributed by atoms with Gasteiger partial charge in [-0.3, -0.25) is 9.98 Å². The maximum atomic E-state index is 12.8. The van der Waals surface area contributed by atoms with Gasteiger partial charge in [-0.15, -0.1) is 0 Å². The highest BCUT2D eigenvalue weighted by Gasteiger charge is 2.41. The molecule has 0 amide bonds. The van der Waals surface area contributed by atoms with Gasteiger partial charge in [0.1, 0.15) is 22.7 Å². The highest BCUT2D eigenvalue weighted by atomic mass is 16.5. The highest BCUT2D eigenvalue weighted by molar-refractivity contribution is 5.84. The Hall–Kier alpha value is -7.38. The summed E-state index contributed by atoms with van der Waals surface area (Å²) in [6.07, 6.45) is 6.25. The zero-order valence-corrected chi connectivity index (χ0v) is 37.1. The average molecular weight is 869 g/mol. The molecule has 2 N–H and O–H groups in total. The van der Waals surface area contributed by atoms with Gasteiger partial charge < -0.3 is 19.7 Å². The van der Waals surface area contributed by atoms with Gasteiger partial charge in [-0.2, -0.15) is 0 Å². The van der Waals surface area contributed by atoms with Crippen molar-refractivity contribution >= 4 is 12.4 Å². The van der Waals surface area contributed by atoms with Crippen LogP contribution in [-0.4, -0.2) is 47.9 Å². The van der Waals surface area contributed by atoms with Crippen LogP contribution in [0.3, 0.4) is 0 Å². The van der Waals surface area contributed by atoms with Crippen molar-refractivity contribution in [1.29, 1.82) is 0 Å². The lowest BCUT2D eigenvalue weighted by Gasteiger charge is -2.35. The van der Waals surface area contributed by atoms with Crippen LogP contribution in [0.25, 0.3) is 0 Å². The number of aliphatic imine (C=N–C) groups is 2. The fraction of sp³-hybridized carbons (Fsp3) is 0.167. The molecule has 0 aromatic heterocycles. The number of benzene rings is 8. The van der Waals surface area contributed by atoms with Gasteiger partial charge in [-0.25, -0.2) is 0 Å². The molecule has 0 saturated heterocycles. The van der Waals surface area contributed by atoms with Crippen molar-refractivity contribution in [3.05, 3.63) is 275 Å². The third-order valence-corrected chi connectivity index (χ3v) is 12.0. The number of aliphatic hydroxyl groups is 2. The van der Waals surface area contributed by atoms with Gasteiger partial charge in [-0.1, -0.05) is 206 Å². The van der Waals surface area contributed by atoms with E-state index in [1.54, 1.807) is 0 Å². The monoisotopic (exact) mass is 868 g/mol. The number of nitrogens with zero attached hydrogens (tertiary/aromatic N) is 2. The zero-order valence-electron chi connectivity index (χ0n) is 37.1. The fourth-order valence-electron chi connectivity index (χ4n) is 8.51. The van der Waals surface area contributed by atoms with Crippen LogP contribution in [0.1, 0.15) is 57.3 Å². The molecular formula is C60H56N2O4. The second-order valence-corrected chi connectivity index (χ2v) is 16.4. The van der Waals surface area contributed by atoms with Gasteiger partial charge in [0.25, 0.3) is 0 Å². The Bertz CT molecular complexity index is 2460. The Morgan fingerprint density at radius 2 is 0.636 bits per heavy atom. The van der Waals surface area contributed by atoms with Crippen LogP contribution in [-0.2, 0) is 24.0 Å². The summed E-state index contributed by atoms with van der Waals surface area (Å²) in [5.74, 6) is 1.45. The Morgan fingerprint density at radius 3 is 0.955 bits per heavy atom. The first kappa shape index (κ1) is 45.2. The quantitative estimate of drug-likeness (QED) is 0.0557. The topological polar surface area (TPSA) is 83.6 Å². The maximum absolute atomic E-state index is 12.8. The molecule has 2 atom stereocenters. The standard InChI is InChI=1S/C60H56N2O4/c63-59(51-31-11-3-12-32-51,52-33-13-4-14-34-52)57(43-47-25-7-1-8-26-47)61-45-49-29-19-21-39-55(49)65-41-23-24-42-66-56-40-22-20-30-50(56)46-62-58(44-48-27-9-2-10-28-48)60(64,53-35-15-5-16-36-53)54-37-17-6-18-38-54/h1-22,25-40,45-46,57-58,63-64H,23-24,41-44H2. The van der Waals surface area contributed by atoms with E-state index in [4.69, 9.17) is 19.5 Å². The normalized spacial score (nSPS) is 12.8. The minimum absolute atomic E-state index is 0.488. The molecule has 6 nitrogen and oxygen atoms in total. The van der Waals surface area contributed by atoms with E-state index in [0.29, 0.717) is 26.1 Å². The summed E-state index contributed by atoms with van der Waals surface area (Å²) in [6, 6.07) is 74.3. The van der Waals surface area contributed by atoms with Crippen LogP contribution >= 0.6 is 0 Å². The van der Waals surface area contributed by atoms with E-state index < -0.39 is 23.3 Å².